The molecule has 0 atom stereocenters. The van der Waals surface area contributed by atoms with Gasteiger partial charge in [-0.3, -0.25) is 4.79 Å². The van der Waals surface area contributed by atoms with Gasteiger partial charge in [0.15, 0.2) is 0 Å². The largest absolute Gasteiger partial charge is 0.466 e. The zero-order valence-electron chi connectivity index (χ0n) is 14.1. The summed E-state index contributed by atoms with van der Waals surface area (Å²) in [6.45, 7) is 11.6. The van der Waals surface area contributed by atoms with Gasteiger partial charge in [-0.1, -0.05) is 13.8 Å². The van der Waals surface area contributed by atoms with Gasteiger partial charge in [0.1, 0.15) is 0 Å². The van der Waals surface area contributed by atoms with Crippen molar-refractivity contribution in [3.8, 4) is 0 Å². The van der Waals surface area contributed by atoms with Crippen LogP contribution >= 0.6 is 0 Å². The third kappa shape index (κ3) is 17.3. The van der Waals surface area contributed by atoms with Crippen LogP contribution in [0.3, 0.4) is 0 Å². The summed E-state index contributed by atoms with van der Waals surface area (Å²) in [5.74, 6) is 0.424. The Kier molecular flexibility index (Phi) is 13.9. The van der Waals surface area contributed by atoms with Crippen molar-refractivity contribution in [1.29, 1.82) is 0 Å². The number of hydrogen-bond acceptors (Lipinski definition) is 5. The Balaban J connectivity index is 3.16. The van der Waals surface area contributed by atoms with Gasteiger partial charge in [0.2, 0.25) is 0 Å². The Hall–Kier alpha value is -0.650. The lowest BCUT2D eigenvalue weighted by Crippen LogP contribution is -2.13. The highest BCUT2D eigenvalue weighted by Gasteiger charge is 2.03. The van der Waals surface area contributed by atoms with Gasteiger partial charge < -0.3 is 18.9 Å². The van der Waals surface area contributed by atoms with Crippen molar-refractivity contribution in [2.24, 2.45) is 5.92 Å². The molecule has 0 fully saturated rings. The minimum absolute atomic E-state index is 0.138. The van der Waals surface area contributed by atoms with Crippen LogP contribution in [0.25, 0.3) is 0 Å². The summed E-state index contributed by atoms with van der Waals surface area (Å²) in [5.41, 5.74) is 0. The summed E-state index contributed by atoms with van der Waals surface area (Å²) in [5, 5.41) is 0. The molecule has 0 aliphatic rings. The molecule has 0 radical (unpaired) electrons. The van der Waals surface area contributed by atoms with E-state index < -0.39 is 0 Å². The van der Waals surface area contributed by atoms with E-state index in [2.05, 4.69) is 13.8 Å². The Morgan fingerprint density at radius 2 is 1.48 bits per heavy atom. The molecule has 0 aliphatic heterocycles. The lowest BCUT2D eigenvalue weighted by Gasteiger charge is -2.09. The zero-order valence-corrected chi connectivity index (χ0v) is 14.1. The van der Waals surface area contributed by atoms with E-state index in [0.717, 1.165) is 6.42 Å². The molecule has 0 aromatic carbocycles. The van der Waals surface area contributed by atoms with E-state index in [0.29, 0.717) is 58.4 Å². The van der Waals surface area contributed by atoms with Gasteiger partial charge >= 0.3 is 5.97 Å². The number of carbonyl (C=O) groups is 1. The second-order valence-corrected chi connectivity index (χ2v) is 5.65. The van der Waals surface area contributed by atoms with Crippen LogP contribution in [0.4, 0.5) is 0 Å². The first-order chi connectivity index (χ1) is 10.0. The maximum absolute atomic E-state index is 11.4. The lowest BCUT2D eigenvalue weighted by atomic mass is 10.1. The zero-order chi connectivity index (χ0) is 15.9. The fraction of sp³-hybridized carbons (Fsp3) is 0.938. The third-order valence-corrected chi connectivity index (χ3v) is 2.68. The molecule has 0 bridgehead atoms. The van der Waals surface area contributed by atoms with Gasteiger partial charge in [-0.05, 0) is 32.6 Å². The van der Waals surface area contributed by atoms with Gasteiger partial charge in [-0.15, -0.1) is 0 Å². The maximum Gasteiger partial charge on any atom is 0.305 e. The Morgan fingerprint density at radius 3 is 2.10 bits per heavy atom. The van der Waals surface area contributed by atoms with Crippen molar-refractivity contribution >= 4 is 5.97 Å². The summed E-state index contributed by atoms with van der Waals surface area (Å²) in [6, 6.07) is 0. The van der Waals surface area contributed by atoms with E-state index in [4.69, 9.17) is 18.9 Å². The third-order valence-electron chi connectivity index (χ3n) is 2.68. The van der Waals surface area contributed by atoms with E-state index in [1.807, 2.05) is 13.8 Å². The van der Waals surface area contributed by atoms with Crippen molar-refractivity contribution in [1.82, 2.24) is 0 Å². The van der Waals surface area contributed by atoms with Crippen molar-refractivity contribution in [3.63, 3.8) is 0 Å². The Bertz CT molecular complexity index is 241. The van der Waals surface area contributed by atoms with Crippen LogP contribution in [0.15, 0.2) is 0 Å². The van der Waals surface area contributed by atoms with Crippen molar-refractivity contribution in [2.45, 2.75) is 53.1 Å². The fourth-order valence-electron chi connectivity index (χ4n) is 1.46. The molecule has 0 rings (SSSR count). The molecule has 21 heavy (non-hydrogen) atoms. The van der Waals surface area contributed by atoms with Gasteiger partial charge in [-0.25, -0.2) is 0 Å². The van der Waals surface area contributed by atoms with Gasteiger partial charge in [-0.2, -0.15) is 0 Å². The van der Waals surface area contributed by atoms with Crippen LogP contribution in [0.5, 0.6) is 0 Å². The Labute approximate surface area is 129 Å². The predicted molar refractivity (Wildman–Crippen MR) is 82.4 cm³/mol. The number of rotatable bonds is 14. The standard InChI is InChI=1S/C16H32O5/c1-14(2)7-9-21-16(17)6-5-8-18-10-11-19-12-13-20-15(3)4/h14-15H,5-13H2,1-4H3. The summed E-state index contributed by atoms with van der Waals surface area (Å²) in [7, 11) is 0. The minimum atomic E-state index is -0.138. The average Bonchev–Trinajstić information content (AvgIpc) is 2.40. The second kappa shape index (κ2) is 14.3. The van der Waals surface area contributed by atoms with Crippen LogP contribution < -0.4 is 0 Å². The fourth-order valence-corrected chi connectivity index (χ4v) is 1.46. The normalized spacial score (nSPS) is 11.3. The summed E-state index contributed by atoms with van der Waals surface area (Å²) >= 11 is 0. The molecule has 0 aromatic heterocycles. The molecule has 0 unspecified atom stereocenters. The number of ether oxygens (including phenoxy) is 4. The molecular weight excluding hydrogens is 272 g/mol. The molecule has 126 valence electrons. The predicted octanol–water partition coefficient (Wildman–Crippen LogP) is 2.81. The molecule has 0 spiro atoms. The van der Waals surface area contributed by atoms with E-state index in [-0.39, 0.29) is 12.1 Å². The summed E-state index contributed by atoms with van der Waals surface area (Å²) < 4.78 is 21.2. The molecular formula is C16H32O5. The Morgan fingerprint density at radius 1 is 0.857 bits per heavy atom. The minimum Gasteiger partial charge on any atom is -0.466 e. The van der Waals surface area contributed by atoms with Gasteiger partial charge in [0, 0.05) is 13.0 Å². The van der Waals surface area contributed by atoms with Crippen molar-refractivity contribution in [3.05, 3.63) is 0 Å². The number of hydrogen-bond donors (Lipinski definition) is 0. The molecule has 0 aromatic rings. The van der Waals surface area contributed by atoms with Gasteiger partial charge in [0.25, 0.3) is 0 Å². The smallest absolute Gasteiger partial charge is 0.305 e. The van der Waals surface area contributed by atoms with Crippen molar-refractivity contribution in [2.75, 3.05) is 39.6 Å². The highest BCUT2D eigenvalue weighted by Crippen LogP contribution is 2.01. The first-order valence-corrected chi connectivity index (χ1v) is 7.95. The maximum atomic E-state index is 11.4. The highest BCUT2D eigenvalue weighted by molar-refractivity contribution is 5.69. The number of carbonyl (C=O) groups excluding carboxylic acids is 1. The SMILES string of the molecule is CC(C)CCOC(=O)CCCOCCOCCOC(C)C. The molecule has 5 nitrogen and oxygen atoms in total. The first kappa shape index (κ1) is 20.3. The average molecular weight is 304 g/mol. The van der Waals surface area contributed by atoms with Crippen LogP contribution in [0.2, 0.25) is 0 Å². The van der Waals surface area contributed by atoms with Crippen LogP contribution in [-0.2, 0) is 23.7 Å². The second-order valence-electron chi connectivity index (χ2n) is 5.65. The first-order valence-electron chi connectivity index (χ1n) is 7.95. The lowest BCUT2D eigenvalue weighted by molar-refractivity contribution is -0.144. The van der Waals surface area contributed by atoms with E-state index in [1.165, 1.54) is 0 Å². The van der Waals surface area contributed by atoms with E-state index >= 15 is 0 Å². The summed E-state index contributed by atoms with van der Waals surface area (Å²) in [6.07, 6.45) is 2.27. The molecule has 0 saturated heterocycles. The van der Waals surface area contributed by atoms with Crippen molar-refractivity contribution < 1.29 is 23.7 Å². The monoisotopic (exact) mass is 304 g/mol. The quantitative estimate of drug-likeness (QED) is 0.365. The molecule has 0 N–H and O–H groups in total. The van der Waals surface area contributed by atoms with Crippen LogP contribution in [-0.4, -0.2) is 51.7 Å². The van der Waals surface area contributed by atoms with E-state index in [9.17, 15) is 4.79 Å². The number of esters is 1. The van der Waals surface area contributed by atoms with Crippen LogP contribution in [0.1, 0.15) is 47.0 Å². The topological polar surface area (TPSA) is 54.0 Å². The van der Waals surface area contributed by atoms with E-state index in [1.54, 1.807) is 0 Å². The highest BCUT2D eigenvalue weighted by atomic mass is 16.5. The van der Waals surface area contributed by atoms with Gasteiger partial charge in [0.05, 0.1) is 39.1 Å². The molecule has 0 heterocycles. The molecule has 0 amide bonds. The molecule has 5 heteroatoms. The summed E-state index contributed by atoms with van der Waals surface area (Å²) in [4.78, 5) is 11.4. The molecule has 0 saturated carbocycles. The van der Waals surface area contributed by atoms with Crippen LogP contribution in [0, 0.1) is 5.92 Å². The molecule has 0 aliphatic carbocycles.